The molecule has 1 aromatic carbocycles. The van der Waals surface area contributed by atoms with E-state index in [0.717, 1.165) is 64.4 Å². The Morgan fingerprint density at radius 3 is 2.19 bits per heavy atom. The number of aryl methyl sites for hydroxylation is 1. The second kappa shape index (κ2) is 25.9. The molecule has 0 fully saturated rings. The van der Waals surface area contributed by atoms with E-state index in [1.165, 1.54) is 37.3 Å². The average molecular weight is 585 g/mol. The molecule has 2 nitrogen and oxygen atoms in total. The van der Waals surface area contributed by atoms with E-state index < -0.39 is 0 Å². The SMILES string of the molecule is C=C.C=C(C)C.C=Cc1nc(/C(C)=C/C=C(\C)CC#N)ccc1C(=C)CCCC(C)CCC.CCCc1cccc(F)c1. The topological polar surface area (TPSA) is 36.7 Å². The molecule has 0 amide bonds. The molecule has 0 saturated heterocycles. The van der Waals surface area contributed by atoms with Gasteiger partial charge in [-0.05, 0) is 93.9 Å². The Balaban J connectivity index is 0. The maximum Gasteiger partial charge on any atom is 0.123 e. The van der Waals surface area contributed by atoms with Gasteiger partial charge in [0.2, 0.25) is 0 Å². The van der Waals surface area contributed by atoms with Crippen molar-refractivity contribution in [2.24, 2.45) is 5.92 Å². The Bertz CT molecular complexity index is 1210. The van der Waals surface area contributed by atoms with Crippen molar-refractivity contribution in [3.05, 3.63) is 121 Å². The summed E-state index contributed by atoms with van der Waals surface area (Å²) < 4.78 is 12.5. The van der Waals surface area contributed by atoms with Crippen LogP contribution < -0.4 is 0 Å². The minimum absolute atomic E-state index is 0.133. The molecule has 234 valence electrons. The van der Waals surface area contributed by atoms with Gasteiger partial charge in [-0.25, -0.2) is 9.37 Å². The molecule has 0 radical (unpaired) electrons. The molecule has 0 aliphatic rings. The Hall–Kier alpha value is -3.77. The number of allylic oxidation sites excluding steroid dienone is 6. The summed E-state index contributed by atoms with van der Waals surface area (Å²) in [5.74, 6) is 0.651. The molecule has 2 rings (SSSR count). The molecule has 43 heavy (non-hydrogen) atoms. The number of hydrogen-bond acceptors (Lipinski definition) is 2. The molecule has 0 bridgehead atoms. The van der Waals surface area contributed by atoms with Crippen LogP contribution in [0.5, 0.6) is 0 Å². The lowest BCUT2D eigenvalue weighted by molar-refractivity contribution is 0.473. The Kier molecular flexibility index (Phi) is 24.9. The smallest absolute Gasteiger partial charge is 0.123 e. The van der Waals surface area contributed by atoms with Crippen LogP contribution in [0.3, 0.4) is 0 Å². The predicted molar refractivity (Wildman–Crippen MR) is 191 cm³/mol. The van der Waals surface area contributed by atoms with Crippen LogP contribution in [-0.4, -0.2) is 4.98 Å². The van der Waals surface area contributed by atoms with Crippen molar-refractivity contribution < 1.29 is 4.39 Å². The minimum atomic E-state index is -0.133. The summed E-state index contributed by atoms with van der Waals surface area (Å²) in [7, 11) is 0. The van der Waals surface area contributed by atoms with Gasteiger partial charge in [-0.1, -0.05) is 101 Å². The van der Waals surface area contributed by atoms with E-state index in [2.05, 4.69) is 65.8 Å². The fourth-order valence-corrected chi connectivity index (χ4v) is 4.10. The molecular formula is C40H57FN2. The highest BCUT2D eigenvalue weighted by molar-refractivity contribution is 5.73. The monoisotopic (exact) mass is 584 g/mol. The summed E-state index contributed by atoms with van der Waals surface area (Å²) in [5, 5.41) is 8.75. The van der Waals surface area contributed by atoms with Crippen LogP contribution in [0.15, 0.2) is 92.6 Å². The fraction of sp³-hybridized carbons (Fsp3) is 0.400. The zero-order chi connectivity index (χ0) is 33.2. The zero-order valence-corrected chi connectivity index (χ0v) is 28.2. The molecular weight excluding hydrogens is 527 g/mol. The third-order valence-corrected chi connectivity index (χ3v) is 6.26. The van der Waals surface area contributed by atoms with Gasteiger partial charge in [0, 0.05) is 5.56 Å². The highest BCUT2D eigenvalue weighted by Gasteiger charge is 2.09. The van der Waals surface area contributed by atoms with Crippen LogP contribution in [0, 0.1) is 23.1 Å². The van der Waals surface area contributed by atoms with Gasteiger partial charge in [-0.3, -0.25) is 0 Å². The zero-order valence-electron chi connectivity index (χ0n) is 28.2. The minimum Gasteiger partial charge on any atom is -0.248 e. The van der Waals surface area contributed by atoms with Crippen molar-refractivity contribution in [3.63, 3.8) is 0 Å². The predicted octanol–water partition coefficient (Wildman–Crippen LogP) is 12.8. The highest BCUT2D eigenvalue weighted by atomic mass is 19.1. The standard InChI is InChI=1S/C25H34N2.C9H11F.C4H8.C2H4/c1-7-10-19(3)11-9-12-21(5)23-15-16-25(27-24(23)8-2)22(6)14-13-20(4)17-18-26;1-2-4-8-5-3-6-9(10)7-8;1-4(2)3;1-2/h8,13-16,19H,2,5,7,9-12,17H2,1,3-4,6H3;3,5-7H,2,4H2,1H3;1H2,2-3H3;1-2H2/b20-13+,22-14+;;;. The molecule has 0 saturated carbocycles. The van der Waals surface area contributed by atoms with E-state index in [4.69, 9.17) is 10.2 Å². The number of halogens is 1. The maximum absolute atomic E-state index is 12.5. The van der Waals surface area contributed by atoms with E-state index in [1.54, 1.807) is 12.1 Å². The number of pyridine rings is 1. The molecule has 0 aliphatic heterocycles. The van der Waals surface area contributed by atoms with Crippen molar-refractivity contribution in [3.8, 4) is 6.07 Å². The second-order valence-electron chi connectivity index (χ2n) is 11.0. The van der Waals surface area contributed by atoms with Crippen LogP contribution in [0.1, 0.15) is 116 Å². The first-order chi connectivity index (χ1) is 20.5. The van der Waals surface area contributed by atoms with E-state index in [0.29, 0.717) is 6.42 Å². The van der Waals surface area contributed by atoms with E-state index in [9.17, 15) is 4.39 Å². The van der Waals surface area contributed by atoms with Gasteiger partial charge in [0.15, 0.2) is 0 Å². The van der Waals surface area contributed by atoms with Crippen LogP contribution in [0.25, 0.3) is 17.2 Å². The Morgan fingerprint density at radius 1 is 1.00 bits per heavy atom. The maximum atomic E-state index is 12.5. The lowest BCUT2D eigenvalue weighted by Crippen LogP contribution is -1.98. The van der Waals surface area contributed by atoms with E-state index >= 15 is 0 Å². The summed E-state index contributed by atoms with van der Waals surface area (Å²) in [6, 6.07) is 13.1. The van der Waals surface area contributed by atoms with Crippen LogP contribution in [0.2, 0.25) is 0 Å². The number of benzene rings is 1. The van der Waals surface area contributed by atoms with Crippen molar-refractivity contribution in [2.75, 3.05) is 0 Å². The second-order valence-corrected chi connectivity index (χ2v) is 11.0. The number of hydrogen-bond donors (Lipinski definition) is 0. The van der Waals surface area contributed by atoms with Crippen molar-refractivity contribution in [1.82, 2.24) is 4.98 Å². The first-order valence-electron chi connectivity index (χ1n) is 15.4. The molecule has 0 spiro atoms. The average Bonchev–Trinajstić information content (AvgIpc) is 2.97. The summed E-state index contributed by atoms with van der Waals surface area (Å²) in [6.45, 7) is 32.4. The van der Waals surface area contributed by atoms with Crippen molar-refractivity contribution in [1.29, 1.82) is 5.26 Å². The molecule has 1 atom stereocenters. The van der Waals surface area contributed by atoms with Gasteiger partial charge < -0.3 is 0 Å². The van der Waals surface area contributed by atoms with E-state index in [-0.39, 0.29) is 5.82 Å². The lowest BCUT2D eigenvalue weighted by atomic mass is 9.94. The van der Waals surface area contributed by atoms with Crippen LogP contribution in [-0.2, 0) is 6.42 Å². The Morgan fingerprint density at radius 2 is 1.65 bits per heavy atom. The van der Waals surface area contributed by atoms with Gasteiger partial charge in [-0.15, -0.1) is 19.7 Å². The van der Waals surface area contributed by atoms with Gasteiger partial charge >= 0.3 is 0 Å². The normalized spacial score (nSPS) is 11.2. The number of nitriles is 1. The largest absolute Gasteiger partial charge is 0.248 e. The molecule has 3 heteroatoms. The summed E-state index contributed by atoms with van der Waals surface area (Å²) in [4.78, 5) is 4.77. The molecule has 1 unspecified atom stereocenters. The van der Waals surface area contributed by atoms with Crippen molar-refractivity contribution in [2.45, 2.75) is 99.8 Å². The van der Waals surface area contributed by atoms with Gasteiger partial charge in [0.25, 0.3) is 0 Å². The molecule has 1 heterocycles. The fourth-order valence-electron chi connectivity index (χ4n) is 4.10. The van der Waals surface area contributed by atoms with Gasteiger partial charge in [-0.2, -0.15) is 5.26 Å². The Labute approximate surface area is 264 Å². The number of rotatable bonds is 13. The number of aromatic nitrogens is 1. The first-order valence-corrected chi connectivity index (χ1v) is 15.4. The summed E-state index contributed by atoms with van der Waals surface area (Å²) in [5.41, 5.74) is 8.43. The summed E-state index contributed by atoms with van der Waals surface area (Å²) >= 11 is 0. The molecule has 2 aromatic rings. The van der Waals surface area contributed by atoms with Crippen LogP contribution in [0.4, 0.5) is 4.39 Å². The molecule has 0 N–H and O–H groups in total. The molecule has 0 aliphatic carbocycles. The van der Waals surface area contributed by atoms with Gasteiger partial charge in [0.1, 0.15) is 5.82 Å². The quantitative estimate of drug-likeness (QED) is 0.173. The lowest BCUT2D eigenvalue weighted by Gasteiger charge is -2.13. The van der Waals surface area contributed by atoms with E-state index in [1.807, 2.05) is 58.1 Å². The van der Waals surface area contributed by atoms with Gasteiger partial charge in [0.05, 0.1) is 23.9 Å². The first kappa shape index (κ1) is 41.4. The summed E-state index contributed by atoms with van der Waals surface area (Å²) in [6.07, 6.45) is 14.3. The van der Waals surface area contributed by atoms with Crippen LogP contribution >= 0.6 is 0 Å². The number of nitrogens with zero attached hydrogens (tertiary/aromatic N) is 2. The highest BCUT2D eigenvalue weighted by Crippen LogP contribution is 2.26. The van der Waals surface area contributed by atoms with Crippen molar-refractivity contribution >= 4 is 17.2 Å². The third-order valence-electron chi connectivity index (χ3n) is 6.26. The molecule has 1 aromatic heterocycles. The third kappa shape index (κ3) is 20.7.